The molecule has 3 aromatic heterocycles. The Labute approximate surface area is 166 Å². The van der Waals surface area contributed by atoms with E-state index in [1.165, 1.54) is 4.68 Å². The Morgan fingerprint density at radius 3 is 2.83 bits per heavy atom. The maximum atomic E-state index is 13.0. The lowest BCUT2D eigenvalue weighted by Crippen LogP contribution is -2.31. The number of tetrazole rings is 1. The number of fused-ring (bicyclic) bond motifs is 1. The number of anilines is 1. The van der Waals surface area contributed by atoms with Crippen LogP contribution in [0.15, 0.2) is 29.6 Å². The van der Waals surface area contributed by atoms with Crippen molar-refractivity contribution in [3.63, 3.8) is 0 Å². The number of para-hydroxylation sites is 2. The number of alkyl halides is 2. The highest BCUT2D eigenvalue weighted by molar-refractivity contribution is 7.13. The van der Waals surface area contributed by atoms with Gasteiger partial charge in [0.1, 0.15) is 6.61 Å². The zero-order valence-electron chi connectivity index (χ0n) is 15.2. The largest absolute Gasteiger partial charge is 0.458 e. The fourth-order valence-corrected chi connectivity index (χ4v) is 3.17. The van der Waals surface area contributed by atoms with Crippen LogP contribution in [0.2, 0.25) is 0 Å². The molecule has 0 aliphatic rings. The number of hydrogen-bond donors (Lipinski definition) is 1. The predicted octanol–water partition coefficient (Wildman–Crippen LogP) is 2.18. The van der Waals surface area contributed by atoms with Gasteiger partial charge in [-0.2, -0.15) is 13.8 Å². The fourth-order valence-electron chi connectivity index (χ4n) is 2.48. The van der Waals surface area contributed by atoms with Gasteiger partial charge in [-0.25, -0.2) is 14.2 Å². The zero-order valence-corrected chi connectivity index (χ0v) is 16.0. The van der Waals surface area contributed by atoms with E-state index in [0.717, 1.165) is 16.9 Å². The van der Waals surface area contributed by atoms with E-state index in [1.54, 1.807) is 17.0 Å². The van der Waals surface area contributed by atoms with E-state index in [1.807, 2.05) is 24.3 Å². The number of carbonyl (C=O) groups excluding carboxylic acids is 1. The summed E-state index contributed by atoms with van der Waals surface area (Å²) in [4.78, 5) is 19.9. The van der Waals surface area contributed by atoms with Crippen LogP contribution in [0.1, 0.15) is 12.6 Å². The Kier molecular flexibility index (Phi) is 4.66. The van der Waals surface area contributed by atoms with Crippen molar-refractivity contribution in [1.82, 2.24) is 34.7 Å². The Balaban J connectivity index is 1.57. The van der Waals surface area contributed by atoms with E-state index in [2.05, 4.69) is 30.8 Å². The fraction of sp³-hybridized carbons (Fsp3) is 0.250. The number of hydrogen-bond acceptors (Lipinski definition) is 8. The van der Waals surface area contributed by atoms with Crippen molar-refractivity contribution < 1.29 is 18.3 Å². The normalized spacial score (nSPS) is 11.7. The summed E-state index contributed by atoms with van der Waals surface area (Å²) in [5.74, 6) is -4.50. The van der Waals surface area contributed by atoms with Gasteiger partial charge in [-0.1, -0.05) is 17.2 Å². The molecule has 1 amide bonds. The van der Waals surface area contributed by atoms with Crippen LogP contribution < -0.4 is 10.1 Å². The Morgan fingerprint density at radius 1 is 1.31 bits per heavy atom. The van der Waals surface area contributed by atoms with Gasteiger partial charge in [0.25, 0.3) is 11.9 Å². The molecule has 3 heterocycles. The van der Waals surface area contributed by atoms with Crippen molar-refractivity contribution in [1.29, 1.82) is 0 Å². The molecule has 1 aromatic carbocycles. The zero-order chi connectivity index (χ0) is 20.6. The molecule has 4 rings (SSSR count). The number of rotatable bonds is 6. The van der Waals surface area contributed by atoms with Gasteiger partial charge in [0.15, 0.2) is 5.13 Å². The number of aromatic nitrogens is 7. The third-order valence-corrected chi connectivity index (χ3v) is 4.65. The van der Waals surface area contributed by atoms with Gasteiger partial charge in [0.05, 0.1) is 16.7 Å². The monoisotopic (exact) mass is 420 g/mol. The van der Waals surface area contributed by atoms with Gasteiger partial charge < -0.3 is 4.74 Å². The summed E-state index contributed by atoms with van der Waals surface area (Å²) in [6.07, 6.45) is 0. The van der Waals surface area contributed by atoms with Gasteiger partial charge >= 0.3 is 11.9 Å². The van der Waals surface area contributed by atoms with Gasteiger partial charge in [-0.05, 0) is 22.6 Å². The molecule has 10 nitrogen and oxygen atoms in total. The first-order valence-electron chi connectivity index (χ1n) is 8.29. The first kappa shape index (κ1) is 18.9. The van der Waals surface area contributed by atoms with Crippen LogP contribution in [0, 0.1) is 0 Å². The van der Waals surface area contributed by atoms with E-state index < -0.39 is 11.8 Å². The van der Waals surface area contributed by atoms with Crippen molar-refractivity contribution in [3.8, 4) is 12.0 Å². The maximum Gasteiger partial charge on any atom is 0.322 e. The summed E-state index contributed by atoms with van der Waals surface area (Å²) < 4.78 is 34.9. The third kappa shape index (κ3) is 3.76. The quantitative estimate of drug-likeness (QED) is 0.509. The molecule has 13 heteroatoms. The van der Waals surface area contributed by atoms with E-state index in [9.17, 15) is 13.6 Å². The third-order valence-electron chi connectivity index (χ3n) is 3.85. The number of halogens is 2. The van der Waals surface area contributed by atoms with Crippen LogP contribution in [0.3, 0.4) is 0 Å². The number of nitrogens with one attached hydrogen (secondary N) is 1. The number of benzene rings is 1. The molecule has 0 unspecified atom stereocenters. The van der Waals surface area contributed by atoms with Crippen LogP contribution >= 0.6 is 11.3 Å². The lowest BCUT2D eigenvalue weighted by atomic mass is 10.3. The second-order valence-corrected chi connectivity index (χ2v) is 6.95. The lowest BCUT2D eigenvalue weighted by Gasteiger charge is -2.08. The number of amides is 1. The number of aryl methyl sites for hydroxylation is 1. The minimum absolute atomic E-state index is 0.00346. The molecule has 0 aliphatic carbocycles. The Bertz CT molecular complexity index is 1180. The van der Waals surface area contributed by atoms with Crippen molar-refractivity contribution >= 4 is 33.4 Å². The molecule has 4 aromatic rings. The number of ether oxygens (including phenoxy) is 1. The van der Waals surface area contributed by atoms with Gasteiger partial charge in [0, 0.05) is 19.4 Å². The smallest absolute Gasteiger partial charge is 0.322 e. The highest BCUT2D eigenvalue weighted by Gasteiger charge is 2.32. The van der Waals surface area contributed by atoms with Crippen molar-refractivity contribution in [2.24, 2.45) is 7.05 Å². The van der Waals surface area contributed by atoms with E-state index >= 15 is 0 Å². The average Bonchev–Trinajstić information content (AvgIpc) is 3.37. The molecular formula is C16H14F2N8O2S. The SMILES string of the molecule is Cn1nnnc1-n1c(OCc2csc(NC(=O)C(C)(F)F)n2)nc2ccccc21. The number of nitrogens with zero attached hydrogens (tertiary/aromatic N) is 7. The van der Waals surface area contributed by atoms with Crippen LogP contribution in [0.25, 0.3) is 17.0 Å². The highest BCUT2D eigenvalue weighted by Crippen LogP contribution is 2.26. The molecule has 0 spiro atoms. The highest BCUT2D eigenvalue weighted by atomic mass is 32.1. The molecule has 150 valence electrons. The second-order valence-electron chi connectivity index (χ2n) is 6.10. The minimum Gasteiger partial charge on any atom is -0.458 e. The summed E-state index contributed by atoms with van der Waals surface area (Å²) >= 11 is 1.02. The Morgan fingerprint density at radius 2 is 2.10 bits per heavy atom. The molecule has 0 saturated carbocycles. The molecule has 0 saturated heterocycles. The maximum absolute atomic E-state index is 13.0. The summed E-state index contributed by atoms with van der Waals surface area (Å²) in [5, 5.41) is 15.2. The Hall–Kier alpha value is -3.48. The summed E-state index contributed by atoms with van der Waals surface area (Å²) in [6.45, 7) is 0.523. The van der Waals surface area contributed by atoms with Crippen LogP contribution in [-0.2, 0) is 18.4 Å². The van der Waals surface area contributed by atoms with E-state index in [-0.39, 0.29) is 17.7 Å². The van der Waals surface area contributed by atoms with Crippen LogP contribution in [-0.4, -0.2) is 46.6 Å². The number of thiazole rings is 1. The number of imidazole rings is 1. The number of carbonyl (C=O) groups is 1. The molecule has 29 heavy (non-hydrogen) atoms. The van der Waals surface area contributed by atoms with Crippen molar-refractivity contribution in [3.05, 3.63) is 35.3 Å². The first-order valence-corrected chi connectivity index (χ1v) is 9.17. The molecule has 0 fully saturated rings. The summed E-state index contributed by atoms with van der Waals surface area (Å²) in [6, 6.07) is 7.61. The standard InChI is InChI=1S/C16H14F2N8O2S/c1-16(17,18)12(27)21-13-19-9(8-29-13)7-28-15-20-10-5-3-4-6-11(10)26(15)14-22-23-24-25(14)2/h3-6,8H,7H2,1-2H3,(H,19,21,27). The molecule has 0 atom stereocenters. The molecule has 0 bridgehead atoms. The molecule has 0 aliphatic heterocycles. The van der Waals surface area contributed by atoms with Gasteiger partial charge in [0.2, 0.25) is 0 Å². The average molecular weight is 420 g/mol. The lowest BCUT2D eigenvalue weighted by molar-refractivity contribution is -0.137. The summed E-state index contributed by atoms with van der Waals surface area (Å²) in [7, 11) is 1.69. The molecule has 0 radical (unpaired) electrons. The van der Waals surface area contributed by atoms with Gasteiger partial charge in [-0.15, -0.1) is 11.3 Å². The van der Waals surface area contributed by atoms with Gasteiger partial charge in [-0.3, -0.25) is 10.1 Å². The van der Waals surface area contributed by atoms with E-state index in [4.69, 9.17) is 4.74 Å². The van der Waals surface area contributed by atoms with Crippen LogP contribution in [0.5, 0.6) is 6.01 Å². The van der Waals surface area contributed by atoms with E-state index in [0.29, 0.717) is 24.1 Å². The van der Waals surface area contributed by atoms with Crippen molar-refractivity contribution in [2.75, 3.05) is 5.32 Å². The first-order chi connectivity index (χ1) is 13.8. The summed E-state index contributed by atoms with van der Waals surface area (Å²) in [5.41, 5.74) is 1.87. The molecular weight excluding hydrogens is 406 g/mol. The van der Waals surface area contributed by atoms with Crippen LogP contribution in [0.4, 0.5) is 13.9 Å². The topological polar surface area (TPSA) is 113 Å². The minimum atomic E-state index is -3.49. The predicted molar refractivity (Wildman–Crippen MR) is 99.1 cm³/mol. The van der Waals surface area contributed by atoms with Crippen molar-refractivity contribution in [2.45, 2.75) is 19.5 Å². The molecule has 1 N–H and O–H groups in total. The second kappa shape index (κ2) is 7.16.